The number of aryl methyl sites for hydroxylation is 1. The molecule has 2 aromatic rings. The van der Waals surface area contributed by atoms with Gasteiger partial charge < -0.3 is 9.64 Å². The second-order valence-corrected chi connectivity index (χ2v) is 6.60. The molecule has 1 aromatic heterocycles. The van der Waals surface area contributed by atoms with E-state index in [1.165, 1.54) is 0 Å². The maximum Gasteiger partial charge on any atom is 0.275 e. The molecule has 6 nitrogen and oxygen atoms in total. The average Bonchev–Trinajstić information content (AvgIpc) is 3.26. The molecule has 6 heteroatoms. The molecule has 1 fully saturated rings. The van der Waals surface area contributed by atoms with Gasteiger partial charge in [-0.15, -0.1) is 0 Å². The topological polar surface area (TPSA) is 75.3 Å². The van der Waals surface area contributed by atoms with Gasteiger partial charge in [0.25, 0.3) is 5.91 Å². The highest BCUT2D eigenvalue weighted by atomic mass is 16.5. The Morgan fingerprint density at radius 1 is 1.24 bits per heavy atom. The van der Waals surface area contributed by atoms with Crippen molar-refractivity contribution in [2.24, 2.45) is 0 Å². The van der Waals surface area contributed by atoms with E-state index in [0.29, 0.717) is 31.0 Å². The molecule has 1 atom stereocenters. The van der Waals surface area contributed by atoms with Crippen molar-refractivity contribution in [2.75, 3.05) is 19.8 Å². The molecule has 1 saturated heterocycles. The maximum atomic E-state index is 13.0. The number of aromatic nitrogens is 2. The standard InChI is InChI=1S/C19H21N3O3/c23-17(13-5-2-1-3-6-13)11-14-12-25-10-9-22(14)19(24)18-15-7-4-8-16(15)20-21-18/h1-3,5-6,14H,4,7-12H2,(H,20,21)/t14-/m0/s1. The molecule has 1 aliphatic heterocycles. The zero-order valence-corrected chi connectivity index (χ0v) is 14.0. The van der Waals surface area contributed by atoms with Crippen molar-refractivity contribution in [1.29, 1.82) is 0 Å². The number of morpholine rings is 1. The number of aromatic amines is 1. The Kier molecular flexibility index (Phi) is 4.36. The van der Waals surface area contributed by atoms with Gasteiger partial charge in [0.1, 0.15) is 0 Å². The fraction of sp³-hybridized carbons (Fsp3) is 0.421. The Labute approximate surface area is 146 Å². The average molecular weight is 339 g/mol. The number of carbonyl (C=O) groups excluding carboxylic acids is 2. The lowest BCUT2D eigenvalue weighted by molar-refractivity contribution is -0.00316. The third-order valence-electron chi connectivity index (χ3n) is 5.01. The summed E-state index contributed by atoms with van der Waals surface area (Å²) in [7, 11) is 0. The Bertz CT molecular complexity index is 784. The number of fused-ring (bicyclic) bond motifs is 1. The number of ether oxygens (including phenoxy) is 1. The third kappa shape index (κ3) is 3.09. The second kappa shape index (κ2) is 6.80. The van der Waals surface area contributed by atoms with E-state index >= 15 is 0 Å². The van der Waals surface area contributed by atoms with Gasteiger partial charge in [0.05, 0.1) is 19.3 Å². The van der Waals surface area contributed by atoms with Crippen LogP contribution in [0.1, 0.15) is 44.9 Å². The number of nitrogens with one attached hydrogen (secondary N) is 1. The van der Waals surface area contributed by atoms with E-state index in [4.69, 9.17) is 4.74 Å². The first kappa shape index (κ1) is 16.0. The number of Topliss-reactive ketones (excluding diaryl/α,β-unsaturated/α-hetero) is 1. The highest BCUT2D eigenvalue weighted by Gasteiger charge is 2.33. The van der Waals surface area contributed by atoms with Gasteiger partial charge in [0.2, 0.25) is 0 Å². The monoisotopic (exact) mass is 339 g/mol. The number of ketones is 1. The summed E-state index contributed by atoms with van der Waals surface area (Å²) in [6, 6.07) is 8.94. The minimum atomic E-state index is -0.247. The van der Waals surface area contributed by atoms with E-state index < -0.39 is 0 Å². The van der Waals surface area contributed by atoms with Crippen LogP contribution in [-0.4, -0.2) is 52.6 Å². The molecule has 0 unspecified atom stereocenters. The first-order valence-electron chi connectivity index (χ1n) is 8.77. The summed E-state index contributed by atoms with van der Waals surface area (Å²) in [6.45, 7) is 1.37. The summed E-state index contributed by atoms with van der Waals surface area (Å²) in [5.41, 5.74) is 3.31. The first-order valence-corrected chi connectivity index (χ1v) is 8.77. The Hall–Kier alpha value is -2.47. The number of H-pyrrole nitrogens is 1. The van der Waals surface area contributed by atoms with E-state index in [2.05, 4.69) is 10.2 Å². The van der Waals surface area contributed by atoms with E-state index in [1.807, 2.05) is 18.2 Å². The predicted molar refractivity (Wildman–Crippen MR) is 91.6 cm³/mol. The van der Waals surface area contributed by atoms with Gasteiger partial charge >= 0.3 is 0 Å². The van der Waals surface area contributed by atoms with Gasteiger partial charge in [0.15, 0.2) is 11.5 Å². The summed E-state index contributed by atoms with van der Waals surface area (Å²) in [4.78, 5) is 27.3. The molecule has 25 heavy (non-hydrogen) atoms. The van der Waals surface area contributed by atoms with Crippen LogP contribution in [0.2, 0.25) is 0 Å². The molecule has 1 aromatic carbocycles. The first-order chi connectivity index (χ1) is 12.2. The van der Waals surface area contributed by atoms with Crippen molar-refractivity contribution >= 4 is 11.7 Å². The smallest absolute Gasteiger partial charge is 0.275 e. The number of rotatable bonds is 4. The molecular formula is C19H21N3O3. The minimum Gasteiger partial charge on any atom is -0.377 e. The molecule has 1 N–H and O–H groups in total. The van der Waals surface area contributed by atoms with Crippen LogP contribution in [0.15, 0.2) is 30.3 Å². The second-order valence-electron chi connectivity index (χ2n) is 6.60. The molecule has 130 valence electrons. The Balaban J connectivity index is 1.52. The number of carbonyl (C=O) groups is 2. The van der Waals surface area contributed by atoms with Gasteiger partial charge in [-0.1, -0.05) is 30.3 Å². The summed E-state index contributed by atoms with van der Waals surface area (Å²) in [5.74, 6) is -0.0604. The summed E-state index contributed by atoms with van der Waals surface area (Å²) >= 11 is 0. The van der Waals surface area contributed by atoms with E-state index in [1.54, 1.807) is 17.0 Å². The summed E-state index contributed by atoms with van der Waals surface area (Å²) < 4.78 is 5.53. The van der Waals surface area contributed by atoms with Crippen molar-refractivity contribution in [2.45, 2.75) is 31.7 Å². The molecular weight excluding hydrogens is 318 g/mol. The molecule has 4 rings (SSSR count). The fourth-order valence-corrected chi connectivity index (χ4v) is 3.68. The quantitative estimate of drug-likeness (QED) is 0.865. The van der Waals surface area contributed by atoms with Gasteiger partial charge in [-0.3, -0.25) is 14.7 Å². The summed E-state index contributed by atoms with van der Waals surface area (Å²) in [5, 5.41) is 7.23. The van der Waals surface area contributed by atoms with Crippen LogP contribution in [0.3, 0.4) is 0 Å². The van der Waals surface area contributed by atoms with E-state index in [-0.39, 0.29) is 24.2 Å². The van der Waals surface area contributed by atoms with Crippen molar-refractivity contribution < 1.29 is 14.3 Å². The highest BCUT2D eigenvalue weighted by Crippen LogP contribution is 2.25. The lowest BCUT2D eigenvalue weighted by atomic mass is 10.0. The molecule has 1 amide bonds. The number of nitrogens with zero attached hydrogens (tertiary/aromatic N) is 2. The minimum absolute atomic E-state index is 0.0288. The molecule has 0 bridgehead atoms. The van der Waals surface area contributed by atoms with Gasteiger partial charge in [-0.25, -0.2) is 0 Å². The van der Waals surface area contributed by atoms with Gasteiger partial charge in [-0.05, 0) is 19.3 Å². The molecule has 1 aliphatic carbocycles. The number of hydrogen-bond acceptors (Lipinski definition) is 4. The van der Waals surface area contributed by atoms with Crippen LogP contribution in [0.25, 0.3) is 0 Å². The van der Waals surface area contributed by atoms with Crippen LogP contribution < -0.4 is 0 Å². The number of benzene rings is 1. The lowest BCUT2D eigenvalue weighted by Crippen LogP contribution is -2.49. The zero-order chi connectivity index (χ0) is 17.2. The summed E-state index contributed by atoms with van der Waals surface area (Å²) in [6.07, 6.45) is 3.17. The zero-order valence-electron chi connectivity index (χ0n) is 14.0. The largest absolute Gasteiger partial charge is 0.377 e. The Morgan fingerprint density at radius 2 is 2.08 bits per heavy atom. The molecule has 2 heterocycles. The van der Waals surface area contributed by atoms with Crippen molar-refractivity contribution in [3.63, 3.8) is 0 Å². The molecule has 2 aliphatic rings. The van der Waals surface area contributed by atoms with Crippen molar-refractivity contribution in [1.82, 2.24) is 15.1 Å². The van der Waals surface area contributed by atoms with Crippen LogP contribution >= 0.6 is 0 Å². The highest BCUT2D eigenvalue weighted by molar-refractivity contribution is 5.98. The van der Waals surface area contributed by atoms with Crippen LogP contribution in [0, 0.1) is 0 Å². The molecule has 0 saturated carbocycles. The molecule has 0 radical (unpaired) electrons. The predicted octanol–water partition coefficient (Wildman–Crippen LogP) is 2.01. The molecule has 0 spiro atoms. The van der Waals surface area contributed by atoms with Crippen LogP contribution in [0.5, 0.6) is 0 Å². The van der Waals surface area contributed by atoms with E-state index in [9.17, 15) is 9.59 Å². The maximum absolute atomic E-state index is 13.0. The van der Waals surface area contributed by atoms with Gasteiger partial charge in [0, 0.05) is 29.8 Å². The van der Waals surface area contributed by atoms with Crippen LogP contribution in [-0.2, 0) is 17.6 Å². The fourth-order valence-electron chi connectivity index (χ4n) is 3.68. The lowest BCUT2D eigenvalue weighted by Gasteiger charge is -2.35. The number of amides is 1. The van der Waals surface area contributed by atoms with Crippen molar-refractivity contribution in [3.05, 3.63) is 52.8 Å². The SMILES string of the molecule is O=C(C[C@H]1COCCN1C(=O)c1n[nH]c2c1CCC2)c1ccccc1. The third-order valence-corrected chi connectivity index (χ3v) is 5.01. The van der Waals surface area contributed by atoms with Crippen molar-refractivity contribution in [3.8, 4) is 0 Å². The normalized spacial score (nSPS) is 19.7. The van der Waals surface area contributed by atoms with Crippen LogP contribution in [0.4, 0.5) is 0 Å². The Morgan fingerprint density at radius 3 is 2.92 bits per heavy atom. The number of hydrogen-bond donors (Lipinski definition) is 1. The van der Waals surface area contributed by atoms with E-state index in [0.717, 1.165) is 30.5 Å². The van der Waals surface area contributed by atoms with Gasteiger partial charge in [-0.2, -0.15) is 5.10 Å².